The smallest absolute Gasteiger partial charge is 0.274 e. The van der Waals surface area contributed by atoms with E-state index in [4.69, 9.17) is 0 Å². The number of aryl methyl sites for hydroxylation is 2. The van der Waals surface area contributed by atoms with Gasteiger partial charge in [-0.2, -0.15) is 0 Å². The lowest BCUT2D eigenvalue weighted by Gasteiger charge is -2.30. The molecule has 1 saturated carbocycles. The second-order valence-corrected chi connectivity index (χ2v) is 11.8. The first kappa shape index (κ1) is 21.6. The van der Waals surface area contributed by atoms with Crippen molar-refractivity contribution in [2.24, 2.45) is 5.92 Å². The summed E-state index contributed by atoms with van der Waals surface area (Å²) in [6.45, 7) is 5.02. The van der Waals surface area contributed by atoms with E-state index in [0.29, 0.717) is 41.8 Å². The maximum Gasteiger partial charge on any atom is 0.274 e. The fourth-order valence-electron chi connectivity index (χ4n) is 8.08. The molecule has 4 atom stereocenters. The number of nitrogens with one attached hydrogen (secondary N) is 3. The number of hydrogen-bond donors (Lipinski definition) is 4. The van der Waals surface area contributed by atoms with Crippen molar-refractivity contribution in [2.45, 2.75) is 37.2 Å². The second kappa shape index (κ2) is 6.43. The number of rotatable bonds is 2. The summed E-state index contributed by atoms with van der Waals surface area (Å²) in [5.74, 6) is -0.287. The second-order valence-electron chi connectivity index (χ2n) is 11.8. The number of H-pyrrole nitrogens is 3. The SMILES string of the molecule is Cc1c[nH]c2c1C13C=C1CN(C(=O)c1ccc(C(=O)N4C[C@H]5CC56C4=CC(O)c4[nH]cc(C)c46)[nH]1)C3=CC2=O. The molecule has 2 spiro atoms. The van der Waals surface area contributed by atoms with Crippen molar-refractivity contribution in [3.05, 3.63) is 105 Å². The topological polar surface area (TPSA) is 125 Å². The van der Waals surface area contributed by atoms with E-state index in [-0.39, 0.29) is 23.0 Å². The molecule has 9 rings (SSSR count). The molecule has 3 fully saturated rings. The molecule has 3 aromatic heterocycles. The minimum Gasteiger partial charge on any atom is -0.383 e. The number of nitrogens with zero attached hydrogens (tertiary/aromatic N) is 2. The molecule has 9 heteroatoms. The Balaban J connectivity index is 1.01. The number of aromatic amines is 3. The van der Waals surface area contributed by atoms with Gasteiger partial charge in [-0.05, 0) is 66.7 Å². The van der Waals surface area contributed by atoms with Gasteiger partial charge in [0, 0.05) is 53.9 Å². The number of aromatic nitrogens is 3. The fraction of sp³-hybridized carbons (Fsp3) is 0.300. The highest BCUT2D eigenvalue weighted by Crippen LogP contribution is 2.68. The summed E-state index contributed by atoms with van der Waals surface area (Å²) in [5.41, 5.74) is 8.22. The molecule has 3 aromatic rings. The van der Waals surface area contributed by atoms with Gasteiger partial charge in [-0.15, -0.1) is 0 Å². The Labute approximate surface area is 222 Å². The van der Waals surface area contributed by atoms with E-state index in [2.05, 4.69) is 21.0 Å². The van der Waals surface area contributed by atoms with Gasteiger partial charge in [-0.1, -0.05) is 6.08 Å². The zero-order chi connectivity index (χ0) is 26.6. The van der Waals surface area contributed by atoms with E-state index in [0.717, 1.165) is 45.6 Å². The average Bonchev–Trinajstić information content (AvgIpc) is 3.36. The Kier molecular flexibility index (Phi) is 3.55. The molecule has 4 N–H and O–H groups in total. The van der Waals surface area contributed by atoms with E-state index in [1.54, 1.807) is 34.1 Å². The number of likely N-dealkylation sites (tertiary alicyclic amines) is 2. The van der Waals surface area contributed by atoms with Crippen molar-refractivity contribution < 1.29 is 19.5 Å². The van der Waals surface area contributed by atoms with E-state index >= 15 is 0 Å². The summed E-state index contributed by atoms with van der Waals surface area (Å²) in [5, 5.41) is 10.8. The molecule has 0 bridgehead atoms. The number of aliphatic hydroxyl groups is 1. The molecule has 0 aromatic carbocycles. The largest absolute Gasteiger partial charge is 0.383 e. The van der Waals surface area contributed by atoms with Crippen LogP contribution in [0.15, 0.2) is 59.7 Å². The highest BCUT2D eigenvalue weighted by molar-refractivity contribution is 6.10. The lowest BCUT2D eigenvalue weighted by Crippen LogP contribution is -2.34. The zero-order valence-electron chi connectivity index (χ0n) is 21.4. The number of amides is 2. The van der Waals surface area contributed by atoms with Crippen LogP contribution in [0.1, 0.15) is 71.9 Å². The Morgan fingerprint density at radius 3 is 2.51 bits per heavy atom. The first-order chi connectivity index (χ1) is 18.8. The number of allylic oxidation sites excluding steroid dienone is 3. The Bertz CT molecular complexity index is 1830. The third-order valence-corrected chi connectivity index (χ3v) is 9.88. The number of ketones is 1. The van der Waals surface area contributed by atoms with Crippen LogP contribution in [0.5, 0.6) is 0 Å². The lowest BCUT2D eigenvalue weighted by molar-refractivity contribution is 0.0802. The molecule has 5 heterocycles. The number of fused-ring (bicyclic) bond motifs is 2. The van der Waals surface area contributed by atoms with E-state index in [1.165, 1.54) is 0 Å². The quantitative estimate of drug-likeness (QED) is 0.389. The molecule has 2 saturated heterocycles. The first-order valence-electron chi connectivity index (χ1n) is 13.3. The minimum atomic E-state index is -0.788. The normalized spacial score (nSPS) is 30.4. The van der Waals surface area contributed by atoms with Gasteiger partial charge in [0.2, 0.25) is 5.78 Å². The Morgan fingerprint density at radius 1 is 1.00 bits per heavy atom. The lowest BCUT2D eigenvalue weighted by atomic mass is 9.81. The van der Waals surface area contributed by atoms with Crippen molar-refractivity contribution in [3.63, 3.8) is 0 Å². The number of carbonyl (C=O) groups is 3. The van der Waals surface area contributed by atoms with Crippen LogP contribution in [0.4, 0.5) is 0 Å². The maximum atomic E-state index is 13.7. The molecule has 0 radical (unpaired) electrons. The third kappa shape index (κ3) is 2.31. The van der Waals surface area contributed by atoms with Gasteiger partial charge in [-0.3, -0.25) is 14.4 Å². The number of carbonyl (C=O) groups excluding carboxylic acids is 3. The van der Waals surface area contributed by atoms with Crippen LogP contribution in [-0.2, 0) is 10.8 Å². The van der Waals surface area contributed by atoms with Gasteiger partial charge in [0.1, 0.15) is 17.5 Å². The van der Waals surface area contributed by atoms with Gasteiger partial charge < -0.3 is 29.9 Å². The van der Waals surface area contributed by atoms with Gasteiger partial charge in [-0.25, -0.2) is 0 Å². The summed E-state index contributed by atoms with van der Waals surface area (Å²) >= 11 is 0. The highest BCUT2D eigenvalue weighted by atomic mass is 16.3. The molecule has 194 valence electrons. The summed E-state index contributed by atoms with van der Waals surface area (Å²) in [6.07, 6.45) is 9.45. The molecule has 3 unspecified atom stereocenters. The van der Waals surface area contributed by atoms with Crippen molar-refractivity contribution in [1.29, 1.82) is 0 Å². The number of hydrogen-bond acceptors (Lipinski definition) is 4. The molecule has 39 heavy (non-hydrogen) atoms. The molecule has 9 nitrogen and oxygen atoms in total. The molecular formula is C30H25N5O4. The van der Waals surface area contributed by atoms with Crippen LogP contribution in [0.25, 0.3) is 0 Å². The zero-order valence-corrected chi connectivity index (χ0v) is 21.4. The Morgan fingerprint density at radius 2 is 1.72 bits per heavy atom. The first-order valence-corrected chi connectivity index (χ1v) is 13.3. The molecule has 4 aliphatic carbocycles. The molecular weight excluding hydrogens is 494 g/mol. The van der Waals surface area contributed by atoms with Gasteiger partial charge in [0.25, 0.3) is 11.8 Å². The van der Waals surface area contributed by atoms with Crippen LogP contribution < -0.4 is 0 Å². The van der Waals surface area contributed by atoms with Crippen molar-refractivity contribution in [1.82, 2.24) is 24.8 Å². The fourth-order valence-corrected chi connectivity index (χ4v) is 8.08. The monoisotopic (exact) mass is 519 g/mol. The van der Waals surface area contributed by atoms with Gasteiger partial charge in [0.15, 0.2) is 0 Å². The number of aliphatic hydroxyl groups excluding tert-OH is 1. The predicted octanol–water partition coefficient (Wildman–Crippen LogP) is 3.05. The third-order valence-electron chi connectivity index (χ3n) is 9.88. The van der Waals surface area contributed by atoms with Crippen LogP contribution in [0.2, 0.25) is 0 Å². The average molecular weight is 520 g/mol. The van der Waals surface area contributed by atoms with E-state index in [9.17, 15) is 19.5 Å². The summed E-state index contributed by atoms with van der Waals surface area (Å²) < 4.78 is 0. The number of piperidine rings is 1. The van der Waals surface area contributed by atoms with Crippen molar-refractivity contribution >= 4 is 17.6 Å². The molecule has 2 aliphatic heterocycles. The maximum absolute atomic E-state index is 13.7. The van der Waals surface area contributed by atoms with Crippen molar-refractivity contribution in [3.8, 4) is 0 Å². The minimum absolute atomic E-state index is 0.134. The summed E-state index contributed by atoms with van der Waals surface area (Å²) in [7, 11) is 0. The molecule has 2 amide bonds. The predicted molar refractivity (Wildman–Crippen MR) is 139 cm³/mol. The van der Waals surface area contributed by atoms with E-state index in [1.807, 2.05) is 26.2 Å². The molecule has 6 aliphatic rings. The van der Waals surface area contributed by atoms with Crippen LogP contribution in [0, 0.1) is 19.8 Å². The van der Waals surface area contributed by atoms with Gasteiger partial charge >= 0.3 is 0 Å². The standard InChI is InChI=1S/C30H25N5O4/c1-13-9-31-25-19(36)5-21-29(23(13)25)7-15(29)11-34(21)27(38)17-3-4-18(33-17)28(39)35-12-16-8-30(16)22(35)6-20(37)26-24(30)14(2)10-32-26/h3-7,9-10,16,20,31-33,37H,8,11-12H2,1-2H3/t16-,20?,29?,30?/m1/s1. The summed E-state index contributed by atoms with van der Waals surface area (Å²) in [4.78, 5) is 53.0. The Hall–Kier alpha value is -4.37. The van der Waals surface area contributed by atoms with Crippen LogP contribution in [-0.4, -0.2) is 60.5 Å². The highest BCUT2D eigenvalue weighted by Gasteiger charge is 2.68. The van der Waals surface area contributed by atoms with Crippen molar-refractivity contribution in [2.75, 3.05) is 13.1 Å². The van der Waals surface area contributed by atoms with Gasteiger partial charge in [0.05, 0.1) is 16.8 Å². The van der Waals surface area contributed by atoms with E-state index < -0.39 is 11.5 Å². The summed E-state index contributed by atoms with van der Waals surface area (Å²) in [6, 6.07) is 3.30. The van der Waals surface area contributed by atoms with Crippen LogP contribution >= 0.6 is 0 Å². The van der Waals surface area contributed by atoms with Crippen LogP contribution in [0.3, 0.4) is 0 Å².